The molecule has 4 N–H and O–H groups in total. The number of amides is 2. The summed E-state index contributed by atoms with van der Waals surface area (Å²) in [5, 5.41) is 28.1. The number of rotatable bonds is 15. The lowest BCUT2D eigenvalue weighted by Crippen LogP contribution is -2.51. The summed E-state index contributed by atoms with van der Waals surface area (Å²) >= 11 is 0. The van der Waals surface area contributed by atoms with E-state index in [2.05, 4.69) is 10.6 Å². The van der Waals surface area contributed by atoms with Crippen LogP contribution in [0.2, 0.25) is 0 Å². The third-order valence-electron chi connectivity index (χ3n) is 10.1. The van der Waals surface area contributed by atoms with Gasteiger partial charge < -0.3 is 40.0 Å². The molecule has 13 nitrogen and oxygen atoms in total. The smallest absolute Gasteiger partial charge is 0.407 e. The van der Waals surface area contributed by atoms with E-state index in [-0.39, 0.29) is 54.2 Å². The monoisotopic (exact) mass is 762 g/mol. The van der Waals surface area contributed by atoms with Crippen molar-refractivity contribution in [2.24, 2.45) is 11.8 Å². The maximum atomic E-state index is 14.4. The lowest BCUT2D eigenvalue weighted by atomic mass is 10.0. The first-order chi connectivity index (χ1) is 25.9. The lowest BCUT2D eigenvalue weighted by molar-refractivity contribution is -0.110. The molecular weight excluding hydrogens is 713 g/mol. The van der Waals surface area contributed by atoms with E-state index in [0.29, 0.717) is 48.6 Å². The van der Waals surface area contributed by atoms with Gasteiger partial charge in [0, 0.05) is 43.0 Å². The highest BCUT2D eigenvalue weighted by Gasteiger charge is 2.44. The van der Waals surface area contributed by atoms with Crippen LogP contribution in [0.5, 0.6) is 5.75 Å². The molecule has 3 aromatic rings. The molecular formula is C40H50N4O9S. The van der Waals surface area contributed by atoms with Crippen LogP contribution in [0.4, 0.5) is 16.2 Å². The average Bonchev–Trinajstić information content (AvgIpc) is 3.85. The Balaban J connectivity index is 1.24. The minimum atomic E-state index is -4.23. The molecule has 14 heteroatoms. The molecule has 3 aliphatic rings. The third kappa shape index (κ3) is 8.74. The van der Waals surface area contributed by atoms with Crippen molar-refractivity contribution in [3.8, 4) is 5.75 Å². The predicted molar refractivity (Wildman–Crippen MR) is 205 cm³/mol. The van der Waals surface area contributed by atoms with Crippen molar-refractivity contribution in [2.45, 2.75) is 70.0 Å². The van der Waals surface area contributed by atoms with Crippen LogP contribution >= 0.6 is 0 Å². The number of nitrogens with one attached hydrogen (secondary N) is 2. The predicted octanol–water partition coefficient (Wildman–Crippen LogP) is 4.84. The molecule has 0 bridgehead atoms. The van der Waals surface area contributed by atoms with E-state index in [0.717, 1.165) is 5.56 Å². The fourth-order valence-electron chi connectivity index (χ4n) is 7.28. The van der Waals surface area contributed by atoms with Crippen molar-refractivity contribution in [2.75, 3.05) is 49.6 Å². The van der Waals surface area contributed by atoms with Gasteiger partial charge in [-0.25, -0.2) is 13.2 Å². The van der Waals surface area contributed by atoms with Gasteiger partial charge in [-0.2, -0.15) is 4.31 Å². The average molecular weight is 763 g/mol. The number of phenols is 1. The number of ether oxygens (including phenoxy) is 3. The Labute approximate surface area is 316 Å². The number of benzene rings is 3. The molecule has 54 heavy (non-hydrogen) atoms. The van der Waals surface area contributed by atoms with Crippen molar-refractivity contribution >= 4 is 45.0 Å². The number of aromatic hydroxyl groups is 1. The first-order valence-electron chi connectivity index (χ1n) is 18.6. The second-order valence-corrected chi connectivity index (χ2v) is 16.3. The van der Waals surface area contributed by atoms with Gasteiger partial charge in [-0.3, -0.25) is 4.79 Å². The summed E-state index contributed by atoms with van der Waals surface area (Å²) < 4.78 is 46.9. The molecule has 6 rings (SSSR count). The molecule has 290 valence electrons. The SMILES string of the molecule is CCN(CC)c1ccc(/C=C2\C(=O)Nc3ccc(S(=O)(=O)N(CC(C)C)C[C@@H](O)[C@H](Cc4ccccc4)NC(=O)O[C@H]4CO[C@H]5OCC[C@H]54)cc32)cc1O. The molecule has 0 spiro atoms. The van der Waals surface area contributed by atoms with Crippen molar-refractivity contribution < 1.29 is 42.4 Å². The van der Waals surface area contributed by atoms with Gasteiger partial charge in [0.2, 0.25) is 10.0 Å². The normalized spacial score (nSPS) is 21.2. The van der Waals surface area contributed by atoms with E-state index >= 15 is 0 Å². The zero-order chi connectivity index (χ0) is 38.6. The number of aliphatic hydroxyl groups excluding tert-OH is 1. The molecule has 2 saturated heterocycles. The Morgan fingerprint density at radius 3 is 2.52 bits per heavy atom. The van der Waals surface area contributed by atoms with Crippen molar-refractivity contribution in [1.82, 2.24) is 9.62 Å². The number of fused-ring (bicyclic) bond motifs is 2. The van der Waals surface area contributed by atoms with E-state index in [1.807, 2.05) is 62.9 Å². The van der Waals surface area contributed by atoms with E-state index in [9.17, 15) is 28.2 Å². The molecule has 0 saturated carbocycles. The number of carbonyl (C=O) groups is 2. The van der Waals surface area contributed by atoms with Crippen molar-refractivity contribution in [3.05, 3.63) is 83.4 Å². The summed E-state index contributed by atoms with van der Waals surface area (Å²) in [7, 11) is -4.23. The molecule has 2 amide bonds. The Kier molecular flexibility index (Phi) is 12.3. The van der Waals surface area contributed by atoms with Gasteiger partial charge in [0.15, 0.2) is 6.29 Å². The van der Waals surface area contributed by atoms with Gasteiger partial charge in [-0.05, 0) is 80.1 Å². The fourth-order valence-corrected chi connectivity index (χ4v) is 8.93. The fraction of sp³-hybridized carbons (Fsp3) is 0.450. The molecule has 0 unspecified atom stereocenters. The van der Waals surface area contributed by atoms with Crippen LogP contribution < -0.4 is 15.5 Å². The zero-order valence-corrected chi connectivity index (χ0v) is 31.9. The van der Waals surface area contributed by atoms with Crippen molar-refractivity contribution in [3.63, 3.8) is 0 Å². The number of phenolic OH excluding ortho intramolecular Hbond substituents is 1. The maximum Gasteiger partial charge on any atom is 0.407 e. The van der Waals surface area contributed by atoms with Crippen LogP contribution in [0.25, 0.3) is 11.6 Å². The Morgan fingerprint density at radius 2 is 1.81 bits per heavy atom. The molecule has 3 aromatic carbocycles. The van der Waals surface area contributed by atoms with E-state index in [1.165, 1.54) is 16.4 Å². The first-order valence-corrected chi connectivity index (χ1v) is 20.0. The van der Waals surface area contributed by atoms with Crippen LogP contribution in [0.15, 0.2) is 71.6 Å². The van der Waals surface area contributed by atoms with Gasteiger partial charge in [-0.1, -0.05) is 50.2 Å². The van der Waals surface area contributed by atoms with E-state index in [4.69, 9.17) is 14.2 Å². The standard InChI is InChI=1S/C40H50N4O9S/c1-5-43(6-2)34-15-12-27(20-35(34)45)18-31-30-21-28(13-14-32(30)41-38(31)47)54(49,50)44(22-25(3)4)23-36(46)33(19-26-10-8-7-9-11-26)42-40(48)53-37-24-52-39-29(37)16-17-51-39/h7-15,18,20-21,25,29,33,36-37,39,45-46H,5-6,16-17,19,22-24H2,1-4H3,(H,41,47)(H,42,48)/b31-18-/t29-,33-,36+,37-,39+/m0/s1. The second-order valence-electron chi connectivity index (χ2n) is 14.3. The molecule has 0 radical (unpaired) electrons. The Hall–Kier alpha value is -4.47. The minimum Gasteiger partial charge on any atom is -0.506 e. The summed E-state index contributed by atoms with van der Waals surface area (Å²) in [4.78, 5) is 28.3. The summed E-state index contributed by atoms with van der Waals surface area (Å²) in [6, 6.07) is 18.0. The topological polar surface area (TPSA) is 167 Å². The number of carbonyl (C=O) groups excluding carboxylic acids is 2. The van der Waals surface area contributed by atoms with Gasteiger partial charge >= 0.3 is 6.09 Å². The molecule has 0 aliphatic carbocycles. The number of nitrogens with zero attached hydrogens (tertiary/aromatic N) is 2. The summed E-state index contributed by atoms with van der Waals surface area (Å²) in [6.07, 6.45) is -0.416. The lowest BCUT2D eigenvalue weighted by Gasteiger charge is -2.31. The Morgan fingerprint density at radius 1 is 1.06 bits per heavy atom. The third-order valence-corrected chi connectivity index (χ3v) is 11.9. The quantitative estimate of drug-likeness (QED) is 0.158. The van der Waals surface area contributed by atoms with Gasteiger partial charge in [0.05, 0.1) is 41.9 Å². The van der Waals surface area contributed by atoms with Crippen LogP contribution in [-0.2, 0) is 35.4 Å². The summed E-state index contributed by atoms with van der Waals surface area (Å²) in [6.45, 7) is 9.67. The zero-order valence-electron chi connectivity index (χ0n) is 31.1. The molecule has 3 heterocycles. The maximum absolute atomic E-state index is 14.4. The second kappa shape index (κ2) is 16.9. The number of hydrogen-bond donors (Lipinski definition) is 4. The van der Waals surface area contributed by atoms with Crippen LogP contribution in [0, 0.1) is 11.8 Å². The first kappa shape index (κ1) is 39.2. The van der Waals surface area contributed by atoms with Gasteiger partial charge in [0.1, 0.15) is 11.9 Å². The highest BCUT2D eigenvalue weighted by Crippen LogP contribution is 2.37. The molecule has 0 aromatic heterocycles. The number of alkyl carbamates (subject to hydrolysis) is 1. The molecule has 3 aliphatic heterocycles. The number of hydrogen-bond acceptors (Lipinski definition) is 10. The van der Waals surface area contributed by atoms with E-state index in [1.54, 1.807) is 30.3 Å². The van der Waals surface area contributed by atoms with Gasteiger partial charge in [-0.15, -0.1) is 0 Å². The summed E-state index contributed by atoms with van der Waals surface area (Å²) in [5.41, 5.74) is 3.19. The Bertz CT molecular complexity index is 1950. The van der Waals surface area contributed by atoms with Crippen molar-refractivity contribution in [1.29, 1.82) is 0 Å². The van der Waals surface area contributed by atoms with Crippen LogP contribution in [0.3, 0.4) is 0 Å². The highest BCUT2D eigenvalue weighted by molar-refractivity contribution is 7.89. The largest absolute Gasteiger partial charge is 0.506 e. The number of anilines is 2. The molecule has 2 fully saturated rings. The van der Waals surface area contributed by atoms with Crippen LogP contribution in [0.1, 0.15) is 50.8 Å². The minimum absolute atomic E-state index is 0.0576. The number of sulfonamides is 1. The highest BCUT2D eigenvalue weighted by atomic mass is 32.2. The summed E-state index contributed by atoms with van der Waals surface area (Å²) in [5.74, 6) is -0.508. The van der Waals surface area contributed by atoms with Crippen LogP contribution in [-0.4, -0.2) is 98.9 Å². The van der Waals surface area contributed by atoms with Gasteiger partial charge in [0.25, 0.3) is 5.91 Å². The molecule has 5 atom stereocenters. The van der Waals surface area contributed by atoms with E-state index < -0.39 is 46.6 Å². The number of aliphatic hydroxyl groups is 1.